The fraction of sp³-hybridized carbons (Fsp3) is 0.222. The number of nitrogens with zero attached hydrogens (tertiary/aromatic N) is 4. The molecule has 0 aliphatic carbocycles. The maximum Gasteiger partial charge on any atom is 0.346 e. The van der Waals surface area contributed by atoms with Crippen LogP contribution in [0.4, 0.5) is 19.3 Å². The number of aliphatic imine (C=N–C) groups is 1. The minimum Gasteiger partial charge on any atom is -0.493 e. The monoisotopic (exact) mass is 534 g/mol. The molecule has 0 bridgehead atoms. The third-order valence-corrected chi connectivity index (χ3v) is 6.08. The number of anilines is 1. The number of aromatic nitrogens is 1. The van der Waals surface area contributed by atoms with Gasteiger partial charge in [0.15, 0.2) is 11.6 Å². The molecule has 1 aromatic heterocycles. The van der Waals surface area contributed by atoms with Crippen LogP contribution in [0.3, 0.4) is 0 Å². The predicted octanol–water partition coefficient (Wildman–Crippen LogP) is 3.45. The van der Waals surface area contributed by atoms with Crippen molar-refractivity contribution in [3.63, 3.8) is 0 Å². The summed E-state index contributed by atoms with van der Waals surface area (Å²) < 4.78 is 33.5. The minimum absolute atomic E-state index is 0.0587. The van der Waals surface area contributed by atoms with Gasteiger partial charge in [0, 0.05) is 30.9 Å². The molecular weight excluding hydrogens is 510 g/mol. The van der Waals surface area contributed by atoms with Crippen molar-refractivity contribution in [2.24, 2.45) is 4.99 Å². The van der Waals surface area contributed by atoms with Gasteiger partial charge in [-0.15, -0.1) is 0 Å². The van der Waals surface area contributed by atoms with E-state index in [0.29, 0.717) is 30.7 Å². The molecule has 0 atom stereocenters. The van der Waals surface area contributed by atoms with Crippen molar-refractivity contribution in [2.75, 3.05) is 19.0 Å². The second-order valence-electron chi connectivity index (χ2n) is 8.88. The van der Waals surface area contributed by atoms with E-state index in [1.165, 1.54) is 18.1 Å². The Labute approximate surface area is 222 Å². The highest BCUT2D eigenvalue weighted by atomic mass is 19.2. The highest BCUT2D eigenvalue weighted by molar-refractivity contribution is 6.05. The molecule has 1 aliphatic heterocycles. The summed E-state index contributed by atoms with van der Waals surface area (Å²) in [5.74, 6) is -2.01. The molecule has 10 nitrogen and oxygen atoms in total. The number of aryl methyl sites for hydroxylation is 1. The summed E-state index contributed by atoms with van der Waals surface area (Å²) in [5, 5.41) is 12.1. The molecule has 12 heteroatoms. The predicted molar refractivity (Wildman–Crippen MR) is 138 cm³/mol. The van der Waals surface area contributed by atoms with Crippen molar-refractivity contribution in [1.29, 1.82) is 5.26 Å². The molecule has 2 aromatic carbocycles. The van der Waals surface area contributed by atoms with Gasteiger partial charge in [-0.1, -0.05) is 6.07 Å². The molecule has 0 spiro atoms. The Bertz CT molecular complexity index is 1560. The normalized spacial score (nSPS) is 12.2. The third kappa shape index (κ3) is 6.10. The first-order chi connectivity index (χ1) is 18.7. The number of ether oxygens (including phenoxy) is 1. The van der Waals surface area contributed by atoms with Crippen LogP contribution >= 0.6 is 0 Å². The number of H-pyrrole nitrogens is 1. The molecule has 0 fully saturated rings. The average molecular weight is 535 g/mol. The van der Waals surface area contributed by atoms with Crippen LogP contribution in [0.15, 0.2) is 52.4 Å². The quantitative estimate of drug-likeness (QED) is 0.283. The van der Waals surface area contributed by atoms with Crippen molar-refractivity contribution in [1.82, 2.24) is 14.8 Å². The second kappa shape index (κ2) is 11.6. The topological polar surface area (TPSA) is 131 Å². The second-order valence-corrected chi connectivity index (χ2v) is 8.88. The van der Waals surface area contributed by atoms with Gasteiger partial charge in [-0.3, -0.25) is 14.5 Å². The SMILES string of the molecule is Cc1cc2c(cc1N/C(=N/C(=O)N(C)Cc1ccc[nH]c1=O)N(C=O)Cc1cc(F)c(F)c(C#N)c1)CCO2. The van der Waals surface area contributed by atoms with E-state index < -0.39 is 23.2 Å². The van der Waals surface area contributed by atoms with Crippen molar-refractivity contribution in [2.45, 2.75) is 26.4 Å². The summed E-state index contributed by atoms with van der Waals surface area (Å²) in [7, 11) is 1.44. The van der Waals surface area contributed by atoms with E-state index in [2.05, 4.69) is 15.3 Å². The first-order valence-electron chi connectivity index (χ1n) is 11.8. The molecule has 4 rings (SSSR count). The molecule has 1 aliphatic rings. The lowest BCUT2D eigenvalue weighted by atomic mass is 10.1. The minimum atomic E-state index is -1.30. The number of carbonyl (C=O) groups excluding carboxylic acids is 2. The van der Waals surface area contributed by atoms with E-state index >= 15 is 0 Å². The molecule has 0 saturated heterocycles. The van der Waals surface area contributed by atoms with Crippen LogP contribution in [0, 0.1) is 29.9 Å². The van der Waals surface area contributed by atoms with Crippen molar-refractivity contribution < 1.29 is 23.1 Å². The van der Waals surface area contributed by atoms with Gasteiger partial charge in [0.25, 0.3) is 5.56 Å². The lowest BCUT2D eigenvalue weighted by Crippen LogP contribution is -2.37. The summed E-state index contributed by atoms with van der Waals surface area (Å²) in [6.45, 7) is 1.94. The Kier molecular flexibility index (Phi) is 8.00. The third-order valence-electron chi connectivity index (χ3n) is 6.08. The van der Waals surface area contributed by atoms with Gasteiger partial charge in [-0.2, -0.15) is 10.3 Å². The van der Waals surface area contributed by atoms with E-state index in [-0.39, 0.29) is 30.2 Å². The molecule has 3 aromatic rings. The number of pyridine rings is 1. The van der Waals surface area contributed by atoms with Crippen LogP contribution in [0.2, 0.25) is 0 Å². The number of hydrogen-bond acceptors (Lipinski definition) is 5. The van der Waals surface area contributed by atoms with Gasteiger partial charge >= 0.3 is 6.03 Å². The summed E-state index contributed by atoms with van der Waals surface area (Å²) in [6.07, 6.45) is 2.52. The van der Waals surface area contributed by atoms with Crippen LogP contribution < -0.4 is 15.6 Å². The fourth-order valence-electron chi connectivity index (χ4n) is 4.00. The molecule has 0 saturated carbocycles. The zero-order chi connectivity index (χ0) is 28.1. The highest BCUT2D eigenvalue weighted by Gasteiger charge is 2.21. The number of halogens is 2. The number of urea groups is 1. The number of aromatic amines is 1. The molecule has 2 N–H and O–H groups in total. The van der Waals surface area contributed by atoms with E-state index in [1.807, 2.05) is 12.1 Å². The summed E-state index contributed by atoms with van der Waals surface area (Å²) >= 11 is 0. The summed E-state index contributed by atoms with van der Waals surface area (Å²) in [6, 6.07) is 9.59. The van der Waals surface area contributed by atoms with E-state index in [4.69, 9.17) is 10.00 Å². The molecule has 3 amide bonds. The summed E-state index contributed by atoms with van der Waals surface area (Å²) in [4.78, 5) is 46.1. The first-order valence-corrected chi connectivity index (χ1v) is 11.8. The number of nitriles is 1. The van der Waals surface area contributed by atoms with Crippen LogP contribution in [0.1, 0.15) is 27.8 Å². The molecule has 0 unspecified atom stereocenters. The lowest BCUT2D eigenvalue weighted by Gasteiger charge is -2.23. The number of carbonyl (C=O) groups is 2. The van der Waals surface area contributed by atoms with Gasteiger partial charge in [0.2, 0.25) is 12.4 Å². The molecular formula is C27H24F2N6O4. The summed E-state index contributed by atoms with van der Waals surface area (Å²) in [5.41, 5.74) is 1.74. The van der Waals surface area contributed by atoms with E-state index in [0.717, 1.165) is 33.9 Å². The van der Waals surface area contributed by atoms with Crippen LogP contribution in [0.25, 0.3) is 0 Å². The number of hydrogen-bond donors (Lipinski definition) is 2. The number of nitrogens with one attached hydrogen (secondary N) is 2. The number of rotatable bonds is 6. The lowest BCUT2D eigenvalue weighted by molar-refractivity contribution is -0.115. The largest absolute Gasteiger partial charge is 0.493 e. The van der Waals surface area contributed by atoms with Crippen molar-refractivity contribution in [3.8, 4) is 11.8 Å². The average Bonchev–Trinajstić information content (AvgIpc) is 3.37. The zero-order valence-corrected chi connectivity index (χ0v) is 21.1. The fourth-order valence-corrected chi connectivity index (χ4v) is 4.00. The molecule has 200 valence electrons. The Hall–Kier alpha value is -5.05. The van der Waals surface area contributed by atoms with Crippen LogP contribution in [0.5, 0.6) is 5.75 Å². The molecule has 0 radical (unpaired) electrons. The molecule has 2 heterocycles. The molecule has 39 heavy (non-hydrogen) atoms. The smallest absolute Gasteiger partial charge is 0.346 e. The number of benzene rings is 2. The number of guanidine groups is 1. The Morgan fingerprint density at radius 3 is 2.79 bits per heavy atom. The maximum absolute atomic E-state index is 14.1. The van der Waals surface area contributed by atoms with Crippen molar-refractivity contribution in [3.05, 3.63) is 92.4 Å². The Morgan fingerprint density at radius 1 is 1.28 bits per heavy atom. The Morgan fingerprint density at radius 2 is 2.08 bits per heavy atom. The Balaban J connectivity index is 1.69. The van der Waals surface area contributed by atoms with Gasteiger partial charge in [0.1, 0.15) is 11.8 Å². The zero-order valence-electron chi connectivity index (χ0n) is 21.1. The van der Waals surface area contributed by atoms with Gasteiger partial charge in [-0.05, 0) is 53.9 Å². The number of fused-ring (bicyclic) bond motifs is 1. The van der Waals surface area contributed by atoms with Crippen LogP contribution in [-0.4, -0.2) is 46.8 Å². The van der Waals surface area contributed by atoms with Crippen LogP contribution in [-0.2, 0) is 24.3 Å². The van der Waals surface area contributed by atoms with Gasteiger partial charge in [-0.25, -0.2) is 13.6 Å². The van der Waals surface area contributed by atoms with Gasteiger partial charge in [0.05, 0.1) is 25.3 Å². The van der Waals surface area contributed by atoms with Gasteiger partial charge < -0.3 is 19.9 Å². The van der Waals surface area contributed by atoms with E-state index in [1.54, 1.807) is 25.1 Å². The first kappa shape index (κ1) is 27.0. The maximum atomic E-state index is 14.1. The number of amides is 3. The van der Waals surface area contributed by atoms with E-state index in [9.17, 15) is 23.2 Å². The highest BCUT2D eigenvalue weighted by Crippen LogP contribution is 2.31. The van der Waals surface area contributed by atoms with Crippen molar-refractivity contribution >= 4 is 24.1 Å². The standard InChI is InChI=1S/C27H24F2N6O4/c1-16-8-23-18(5-7-39-23)11-22(16)32-26(33-27(38)34(2)14-19-4-3-6-31-25(19)37)35(15-36)13-17-9-20(12-30)24(29)21(28)10-17/h3-4,6,8-11,15H,5,7,13-14H2,1-2H3,(H,31,37)(H,32,33,38).